The number of hydrogen-bond acceptors (Lipinski definition) is 4. The molecule has 2 heterocycles. The van der Waals surface area contributed by atoms with Crippen molar-refractivity contribution in [1.29, 1.82) is 0 Å². The molecule has 0 aliphatic carbocycles. The Kier molecular flexibility index (Phi) is 5.79. The molecule has 2 rings (SSSR count). The Morgan fingerprint density at radius 2 is 2.30 bits per heavy atom. The Balaban J connectivity index is 1.98. The van der Waals surface area contributed by atoms with Crippen molar-refractivity contribution in [2.24, 2.45) is 5.92 Å². The molecule has 0 saturated carbocycles. The molecule has 6 nitrogen and oxygen atoms in total. The molecule has 2 fully saturated rings. The Morgan fingerprint density at radius 1 is 1.45 bits per heavy atom. The van der Waals surface area contributed by atoms with Gasteiger partial charge in [-0.15, -0.1) is 0 Å². The zero-order valence-corrected chi connectivity index (χ0v) is 12.2. The van der Waals surface area contributed by atoms with Gasteiger partial charge in [0.05, 0.1) is 19.1 Å². The van der Waals surface area contributed by atoms with E-state index >= 15 is 0 Å². The molecule has 0 aromatic rings. The Hall–Kier alpha value is -1.14. The fourth-order valence-corrected chi connectivity index (χ4v) is 2.75. The largest absolute Gasteiger partial charge is 0.377 e. The summed E-state index contributed by atoms with van der Waals surface area (Å²) in [4.78, 5) is 26.5. The number of nitrogens with one attached hydrogen (secondary N) is 2. The second-order valence-electron chi connectivity index (χ2n) is 5.46. The molecule has 2 N–H and O–H groups in total. The van der Waals surface area contributed by atoms with E-state index in [0.717, 1.165) is 32.4 Å². The van der Waals surface area contributed by atoms with Gasteiger partial charge in [0, 0.05) is 19.6 Å². The lowest BCUT2D eigenvalue weighted by Crippen LogP contribution is -2.58. The lowest BCUT2D eigenvalue weighted by atomic mass is 9.97. The fraction of sp³-hybridized carbons (Fsp3) is 0.857. The summed E-state index contributed by atoms with van der Waals surface area (Å²) in [6.07, 6.45) is 2.82. The van der Waals surface area contributed by atoms with Crippen molar-refractivity contribution in [3.8, 4) is 0 Å². The van der Waals surface area contributed by atoms with Crippen LogP contribution < -0.4 is 10.6 Å². The van der Waals surface area contributed by atoms with Gasteiger partial charge in [-0.05, 0) is 25.8 Å². The van der Waals surface area contributed by atoms with Crippen LogP contribution in [0.25, 0.3) is 0 Å². The monoisotopic (exact) mass is 283 g/mol. The molecule has 0 bridgehead atoms. The van der Waals surface area contributed by atoms with E-state index in [4.69, 9.17) is 4.74 Å². The van der Waals surface area contributed by atoms with Gasteiger partial charge in [0.1, 0.15) is 6.04 Å². The zero-order valence-electron chi connectivity index (χ0n) is 12.2. The normalized spacial score (nSPS) is 27.1. The van der Waals surface area contributed by atoms with Gasteiger partial charge in [-0.25, -0.2) is 0 Å². The molecule has 0 spiro atoms. The van der Waals surface area contributed by atoms with Gasteiger partial charge < -0.3 is 20.3 Å². The average Bonchev–Trinajstić information content (AvgIpc) is 2.52. The number of nitrogens with zero attached hydrogens (tertiary/aromatic N) is 1. The first-order chi connectivity index (χ1) is 9.74. The molecule has 0 aromatic carbocycles. The number of piperidine rings is 1. The van der Waals surface area contributed by atoms with Crippen molar-refractivity contribution in [3.05, 3.63) is 0 Å². The van der Waals surface area contributed by atoms with Gasteiger partial charge in [-0.1, -0.05) is 6.92 Å². The summed E-state index contributed by atoms with van der Waals surface area (Å²) in [5.74, 6) is 0.00384. The van der Waals surface area contributed by atoms with E-state index in [1.54, 1.807) is 4.90 Å². The van der Waals surface area contributed by atoms with Crippen molar-refractivity contribution >= 4 is 11.8 Å². The first-order valence-corrected chi connectivity index (χ1v) is 7.60. The maximum Gasteiger partial charge on any atom is 0.245 e. The van der Waals surface area contributed by atoms with E-state index in [-0.39, 0.29) is 17.7 Å². The first-order valence-electron chi connectivity index (χ1n) is 7.60. The van der Waals surface area contributed by atoms with Crippen molar-refractivity contribution in [2.75, 3.05) is 39.4 Å². The molecule has 2 atom stereocenters. The highest BCUT2D eigenvalue weighted by molar-refractivity contribution is 5.89. The lowest BCUT2D eigenvalue weighted by Gasteiger charge is -2.37. The average molecular weight is 283 g/mol. The van der Waals surface area contributed by atoms with Gasteiger partial charge in [-0.2, -0.15) is 0 Å². The van der Waals surface area contributed by atoms with Crippen LogP contribution in [0, 0.1) is 5.92 Å². The number of rotatable bonds is 4. The van der Waals surface area contributed by atoms with E-state index < -0.39 is 6.04 Å². The highest BCUT2D eigenvalue weighted by Crippen LogP contribution is 2.17. The van der Waals surface area contributed by atoms with Crippen LogP contribution in [0.1, 0.15) is 26.2 Å². The number of carbonyl (C=O) groups is 2. The summed E-state index contributed by atoms with van der Waals surface area (Å²) in [5.41, 5.74) is 0. The van der Waals surface area contributed by atoms with Crippen LogP contribution in [0.2, 0.25) is 0 Å². The minimum absolute atomic E-state index is 0.00308. The second kappa shape index (κ2) is 7.59. The van der Waals surface area contributed by atoms with Crippen molar-refractivity contribution < 1.29 is 14.3 Å². The van der Waals surface area contributed by atoms with Gasteiger partial charge in [-0.3, -0.25) is 9.59 Å². The van der Waals surface area contributed by atoms with Crippen molar-refractivity contribution in [3.63, 3.8) is 0 Å². The van der Waals surface area contributed by atoms with Gasteiger partial charge >= 0.3 is 0 Å². The molecule has 0 aromatic heterocycles. The highest BCUT2D eigenvalue weighted by atomic mass is 16.5. The first kappa shape index (κ1) is 15.3. The number of carbonyl (C=O) groups excluding carboxylic acids is 2. The van der Waals surface area contributed by atoms with Crippen molar-refractivity contribution in [2.45, 2.75) is 32.2 Å². The maximum atomic E-state index is 12.6. The molecule has 2 unspecified atom stereocenters. The summed E-state index contributed by atoms with van der Waals surface area (Å²) in [6, 6.07) is -0.468. The van der Waals surface area contributed by atoms with Crippen LogP contribution in [-0.4, -0.2) is 62.1 Å². The second-order valence-corrected chi connectivity index (χ2v) is 5.46. The quantitative estimate of drug-likeness (QED) is 0.746. The third kappa shape index (κ3) is 3.70. The van der Waals surface area contributed by atoms with E-state index in [9.17, 15) is 9.59 Å². The number of ether oxygens (including phenoxy) is 1. The van der Waals surface area contributed by atoms with E-state index in [1.807, 2.05) is 6.92 Å². The molecule has 6 heteroatoms. The van der Waals surface area contributed by atoms with Crippen LogP contribution in [0.3, 0.4) is 0 Å². The molecule has 2 aliphatic rings. The summed E-state index contributed by atoms with van der Waals surface area (Å²) in [5, 5.41) is 6.12. The SMILES string of the molecule is CCCNC(=O)C1COCCN1C(=O)C1CCCNC1. The molecule has 0 radical (unpaired) electrons. The number of morpholine rings is 1. The molecular formula is C14H25N3O3. The Labute approximate surface area is 120 Å². The third-order valence-electron chi connectivity index (χ3n) is 3.91. The third-order valence-corrected chi connectivity index (χ3v) is 3.91. The molecule has 2 aliphatic heterocycles. The lowest BCUT2D eigenvalue weighted by molar-refractivity contribution is -0.152. The summed E-state index contributed by atoms with van der Waals surface area (Å²) in [7, 11) is 0. The maximum absolute atomic E-state index is 12.6. The topological polar surface area (TPSA) is 70.7 Å². The van der Waals surface area contributed by atoms with Crippen LogP contribution in [-0.2, 0) is 14.3 Å². The minimum atomic E-state index is -0.468. The Morgan fingerprint density at radius 3 is 3.00 bits per heavy atom. The Bertz CT molecular complexity index is 343. The molecule has 20 heavy (non-hydrogen) atoms. The zero-order chi connectivity index (χ0) is 14.4. The predicted molar refractivity (Wildman–Crippen MR) is 75.2 cm³/mol. The standard InChI is InChI=1S/C14H25N3O3/c1-2-5-16-13(18)12-10-20-8-7-17(12)14(19)11-4-3-6-15-9-11/h11-12,15H,2-10H2,1H3,(H,16,18). The van der Waals surface area contributed by atoms with E-state index in [1.165, 1.54) is 0 Å². The van der Waals surface area contributed by atoms with Crippen LogP contribution in [0.5, 0.6) is 0 Å². The fourth-order valence-electron chi connectivity index (χ4n) is 2.75. The van der Waals surface area contributed by atoms with Crippen LogP contribution >= 0.6 is 0 Å². The molecular weight excluding hydrogens is 258 g/mol. The molecule has 2 saturated heterocycles. The van der Waals surface area contributed by atoms with E-state index in [0.29, 0.717) is 26.3 Å². The van der Waals surface area contributed by atoms with Crippen LogP contribution in [0.15, 0.2) is 0 Å². The van der Waals surface area contributed by atoms with Crippen molar-refractivity contribution in [1.82, 2.24) is 15.5 Å². The van der Waals surface area contributed by atoms with E-state index in [2.05, 4.69) is 10.6 Å². The number of amides is 2. The minimum Gasteiger partial charge on any atom is -0.377 e. The highest BCUT2D eigenvalue weighted by Gasteiger charge is 2.36. The molecule has 114 valence electrons. The summed E-state index contributed by atoms with van der Waals surface area (Å²) >= 11 is 0. The van der Waals surface area contributed by atoms with Crippen LogP contribution in [0.4, 0.5) is 0 Å². The van der Waals surface area contributed by atoms with Gasteiger partial charge in [0.15, 0.2) is 0 Å². The smallest absolute Gasteiger partial charge is 0.245 e. The summed E-state index contributed by atoms with van der Waals surface area (Å²) < 4.78 is 5.38. The van der Waals surface area contributed by atoms with Gasteiger partial charge in [0.25, 0.3) is 0 Å². The summed E-state index contributed by atoms with van der Waals surface area (Å²) in [6.45, 7) is 5.69. The molecule has 2 amide bonds. The predicted octanol–water partition coefficient (Wildman–Crippen LogP) is -0.260. The van der Waals surface area contributed by atoms with Gasteiger partial charge in [0.2, 0.25) is 11.8 Å². The number of hydrogen-bond donors (Lipinski definition) is 2.